The maximum absolute atomic E-state index is 13.0. The zero-order valence-corrected chi connectivity index (χ0v) is 72.5. The predicted molar refractivity (Wildman–Crippen MR) is 457 cm³/mol. The molecular weight excluding hydrogens is 1580 g/mol. The van der Waals surface area contributed by atoms with E-state index in [4.69, 9.17) is 69.5 Å². The number of hydrogen-bond acceptors (Lipinski definition) is 26. The van der Waals surface area contributed by atoms with Crippen molar-refractivity contribution in [1.82, 2.24) is 62.6 Å². The quantitative estimate of drug-likeness (QED) is 0.0114. The number of carbonyl (C=O) groups is 3. The van der Waals surface area contributed by atoms with Gasteiger partial charge in [-0.15, -0.1) is 0 Å². The van der Waals surface area contributed by atoms with Crippen molar-refractivity contribution >= 4 is 83.2 Å². The van der Waals surface area contributed by atoms with Crippen LogP contribution in [0, 0.1) is 32.6 Å². The third kappa shape index (κ3) is 28.7. The largest absolute Gasteiger partial charge is 0.400 e. The van der Waals surface area contributed by atoms with E-state index in [0.29, 0.717) is 52.9 Å². The number of amides is 3. The highest BCUT2D eigenvalue weighted by Crippen LogP contribution is 2.53. The summed E-state index contributed by atoms with van der Waals surface area (Å²) in [7, 11) is -0.636. The maximum atomic E-state index is 13.0. The molecule has 118 heavy (non-hydrogen) atoms. The molecule has 650 valence electrons. The number of hydrogen-bond donors (Lipinski definition) is 7. The topological polar surface area (TPSA) is 396 Å². The van der Waals surface area contributed by atoms with Gasteiger partial charge in [0.25, 0.3) is 43.0 Å². The second-order valence-corrected chi connectivity index (χ2v) is 32.3. The third-order valence-corrected chi connectivity index (χ3v) is 23.8. The molecule has 3 saturated heterocycles. The number of nitrogens with one attached hydrogen (secondary N) is 4. The molecule has 12 atom stereocenters. The molecule has 0 bridgehead atoms. The summed E-state index contributed by atoms with van der Waals surface area (Å²) in [6, 6.07) is 18.4. The highest BCUT2D eigenvalue weighted by Gasteiger charge is 2.44. The predicted octanol–water partition coefficient (Wildman–Crippen LogP) is 13.0. The molecule has 0 radical (unpaired) electrons. The van der Waals surface area contributed by atoms with Gasteiger partial charge in [0.1, 0.15) is 50.6 Å². The normalized spacial score (nSPS) is 20.2. The summed E-state index contributed by atoms with van der Waals surface area (Å²) in [6.45, 7) is 52.6. The molecule has 36 nitrogen and oxygen atoms in total. The second kappa shape index (κ2) is 51.4. The van der Waals surface area contributed by atoms with E-state index in [2.05, 4.69) is 178 Å². The van der Waals surface area contributed by atoms with Crippen LogP contribution in [-0.4, -0.2) is 234 Å². The number of nitrogens with zero attached hydrogens (tertiary/aromatic N) is 15. The molecule has 3 unspecified atom stereocenters. The van der Waals surface area contributed by atoms with Crippen LogP contribution in [0.1, 0.15) is 193 Å². The molecule has 7 N–H and O–H groups in total. The van der Waals surface area contributed by atoms with Gasteiger partial charge < -0.3 is 81.8 Å². The molecule has 3 aliphatic heterocycles. The summed E-state index contributed by atoms with van der Waals surface area (Å²) in [5.74, 6) is -0.702. The summed E-state index contributed by atoms with van der Waals surface area (Å²) >= 11 is 0. The van der Waals surface area contributed by atoms with Gasteiger partial charge in [-0.05, 0) is 135 Å². The summed E-state index contributed by atoms with van der Waals surface area (Å²) in [5, 5.41) is 18.6. The molecule has 2 aromatic carbocycles. The van der Waals surface area contributed by atoms with Crippen LogP contribution >= 0.6 is 25.6 Å². The molecule has 0 spiro atoms. The molecule has 0 saturated carbocycles. The Labute approximate surface area is 705 Å². The summed E-state index contributed by atoms with van der Waals surface area (Å²) in [5.41, 5.74) is 1.83. The monoisotopic (exact) mass is 1710 g/mol. The van der Waals surface area contributed by atoms with Crippen LogP contribution in [0.4, 0.5) is 17.6 Å². The minimum Gasteiger partial charge on any atom is -0.400 e. The van der Waals surface area contributed by atoms with Crippen LogP contribution in [-0.2, 0) is 46.1 Å². The molecule has 7 aromatic rings. The SMILES string of the molecule is C.[2H]C[C@H]1O[C@@H](n2cc(C)c(NC(=O)c3ccccc3)nc2=O)C[C@@H]1OP(OCC[N+]#[C-])N(C(C)C)C(C)C.[2H]C[C@H]1O[C@@H](n2cnc3c(=O)[nH]c(NC(=O)C(C)C)nc32)C[C@@H]1OP(OCC[N+]#[C-])N(C(C)C)C(C)C.[2H]C[C@H]1O[C@@H](n2cnc3c(NC(=O)c4ccccc4)ncnc32)C[C@@H]1OP(OCC[N+]#[C-])N(C(C)C)C(C)C.[3H]OC.[3H]OC.[3H]OC. The zero-order valence-electron chi connectivity index (χ0n) is 75.8. The summed E-state index contributed by atoms with van der Waals surface area (Å²) in [6.07, 6.45) is 2.55. The van der Waals surface area contributed by atoms with E-state index < -0.39 is 92.1 Å². The first-order valence-electron chi connectivity index (χ1n) is 41.4. The average molecular weight is 1710 g/mol. The number of aryl methyl sites for hydroxylation is 1. The van der Waals surface area contributed by atoms with E-state index in [-0.39, 0.29) is 150 Å². The van der Waals surface area contributed by atoms with Gasteiger partial charge >= 0.3 is 5.69 Å². The van der Waals surface area contributed by atoms with E-state index in [1.165, 1.54) is 38.6 Å². The second-order valence-electron chi connectivity index (χ2n) is 28.1. The van der Waals surface area contributed by atoms with Gasteiger partial charge in [-0.25, -0.2) is 58.5 Å². The minimum atomic E-state index is -1.52. The highest BCUT2D eigenvalue weighted by molar-refractivity contribution is 7.45. The minimum absolute atomic E-state index is 0. The molecular formula is C79H122N19O17P3. The van der Waals surface area contributed by atoms with E-state index in [0.717, 1.165) is 0 Å². The average Bonchev–Trinajstić information content (AvgIpc) is 1.63. The summed E-state index contributed by atoms with van der Waals surface area (Å²) < 4.78 is 108. The lowest BCUT2D eigenvalue weighted by atomic mass is 10.2. The van der Waals surface area contributed by atoms with Gasteiger partial charge in [-0.3, -0.25) is 43.2 Å². The standard InChI is InChI=1S/C26H34N7O4P.C26H36N5O5P.C23H36N7O5P.3CH4O.CH4/c1-17(2)33(18(3)4)38(35-13-12-27-6)37-21-14-22(36-19(21)5)32-16-30-23-24(28-15-29-25(23)32)31-26(34)20-10-8-7-9-11-20;1-17(2)31(18(3)4)37(34-14-13-27-7)36-22-15-23(35-20(22)6)30-16-19(5)24(29-26(30)33)28-25(32)21-11-9-8-10-12-21;1-13(2)21(31)27-23-26-20-19(22(32)28-23)25-12-29(20)18-11-17(16(7)34-18)35-36(33-10-9-24-8)30(14(3)4)15(5)6;3*1-2;/h7-11,15-19,21-22H,12-14H2,1-5H3,(H,28,29,31,34);8-12,16-18,20,22-23H,13-15H2,1-6H3,(H,28,29,32,33);12-18H,9-11H2,1-7H3,(H2,26,27,28,31,32);3*2H,1H3;1H4/t19-,21+,22-,38?;20-,22+,23-,37?;16-,17+,18-,36?;;;;/m111..../s1/i5D;6D;7D;3*2T;. The number of imidazole rings is 2. The zero-order chi connectivity index (χ0) is 91.2. The first-order chi connectivity index (χ1) is 58.8. The van der Waals surface area contributed by atoms with E-state index in [1.807, 2.05) is 12.1 Å². The molecule has 10 rings (SSSR count). The number of carbonyl (C=O) groups excluding carboxylic acids is 3. The Hall–Kier alpha value is -8.21. The van der Waals surface area contributed by atoms with Crippen molar-refractivity contribution in [1.29, 1.82) is 4.29 Å². The molecule has 39 heteroatoms. The van der Waals surface area contributed by atoms with Crippen molar-refractivity contribution in [3.63, 3.8) is 0 Å². The number of anilines is 3. The molecule has 3 aliphatic rings. The number of aromatic nitrogens is 10. The number of aromatic amines is 1. The van der Waals surface area contributed by atoms with Crippen molar-refractivity contribution in [2.75, 3.05) is 76.7 Å². The van der Waals surface area contributed by atoms with Gasteiger partial charge in [-0.1, -0.05) is 57.7 Å². The fourth-order valence-electron chi connectivity index (χ4n) is 12.2. The van der Waals surface area contributed by atoms with Crippen molar-refractivity contribution in [3.8, 4) is 0 Å². The Morgan fingerprint density at radius 3 is 1.31 bits per heavy atom. The van der Waals surface area contributed by atoms with Crippen LogP contribution < -0.4 is 27.2 Å². The number of H-pyrrole nitrogens is 1. The van der Waals surface area contributed by atoms with Gasteiger partial charge in [0.05, 0.1) is 49.3 Å². The number of ether oxygens (including phenoxy) is 3. The first-order valence-corrected chi connectivity index (χ1v) is 41.4. The van der Waals surface area contributed by atoms with E-state index in [9.17, 15) is 24.0 Å². The molecule has 0 aliphatic carbocycles. The fourth-order valence-corrected chi connectivity index (χ4v) is 17.5. The van der Waals surface area contributed by atoms with Gasteiger partial charge in [0.15, 0.2) is 28.1 Å². The van der Waals surface area contributed by atoms with Crippen molar-refractivity contribution in [3.05, 3.63) is 158 Å². The number of aliphatic hydroxyl groups excluding tert-OH is 3. The van der Waals surface area contributed by atoms with Crippen LogP contribution in [0.25, 0.3) is 36.9 Å². The Morgan fingerprint density at radius 2 is 0.941 bits per heavy atom. The molecule has 5 aromatic heterocycles. The Morgan fingerprint density at radius 1 is 0.568 bits per heavy atom. The lowest BCUT2D eigenvalue weighted by molar-refractivity contribution is -0.119. The smallest absolute Gasteiger partial charge is 0.351 e. The van der Waals surface area contributed by atoms with Gasteiger partial charge in [0.2, 0.25) is 35.8 Å². The van der Waals surface area contributed by atoms with Crippen molar-refractivity contribution in [2.24, 2.45) is 5.92 Å². The molecule has 8 heterocycles. The maximum Gasteiger partial charge on any atom is 0.351 e. The van der Waals surface area contributed by atoms with Crippen LogP contribution in [0.15, 0.2) is 95.4 Å². The summed E-state index contributed by atoms with van der Waals surface area (Å²) in [4.78, 5) is 101. The first kappa shape index (κ1) is 92.1. The van der Waals surface area contributed by atoms with E-state index >= 15 is 0 Å². The Kier molecular flexibility index (Phi) is 40.1. The molecule has 3 fully saturated rings. The van der Waals surface area contributed by atoms with Crippen LogP contribution in [0.2, 0.25) is 0 Å². The highest BCUT2D eigenvalue weighted by atomic mass is 31.2. The fraction of sp³-hybridized carbons (Fsp3) is 0.595. The third-order valence-electron chi connectivity index (χ3n) is 17.3. The van der Waals surface area contributed by atoms with Gasteiger partial charge in [-0.2, -0.15) is 9.97 Å². The number of fused-ring (bicyclic) bond motifs is 2. The van der Waals surface area contributed by atoms with Crippen molar-refractivity contribution in [2.45, 2.75) is 243 Å². The number of rotatable bonds is 33. The van der Waals surface area contributed by atoms with Crippen LogP contribution in [0.3, 0.4) is 0 Å². The number of benzene rings is 2. The Balaban J connectivity index is 0.000000370. The lowest BCUT2D eigenvalue weighted by Gasteiger charge is -2.37. The molecule has 3 amide bonds. The van der Waals surface area contributed by atoms with E-state index in [1.54, 1.807) is 91.0 Å². The Bertz CT molecular complexity index is 4570. The van der Waals surface area contributed by atoms with Crippen molar-refractivity contribution < 1.29 is 75.2 Å². The number of aliphatic hydroxyl groups is 3. The van der Waals surface area contributed by atoms with Gasteiger partial charge in [0, 0.05) is 110 Å². The van der Waals surface area contributed by atoms with Crippen LogP contribution in [0.5, 0.6) is 0 Å². The lowest BCUT2D eigenvalue weighted by Crippen LogP contribution is -2.35.